The highest BCUT2D eigenvalue weighted by Gasteiger charge is 2.28. The normalized spacial score (nSPS) is 24.5. The van der Waals surface area contributed by atoms with Gasteiger partial charge in [0.2, 0.25) is 0 Å². The first-order valence-electron chi connectivity index (χ1n) is 7.68. The Kier molecular flexibility index (Phi) is 5.43. The molecule has 3 unspecified atom stereocenters. The summed E-state index contributed by atoms with van der Waals surface area (Å²) >= 11 is 0. The van der Waals surface area contributed by atoms with E-state index in [0.29, 0.717) is 12.0 Å². The lowest BCUT2D eigenvalue weighted by molar-refractivity contribution is 0.0898. The molecule has 2 N–H and O–H groups in total. The Hall–Kier alpha value is -1.58. The summed E-state index contributed by atoms with van der Waals surface area (Å²) in [5.41, 5.74) is 0.735. The summed E-state index contributed by atoms with van der Waals surface area (Å²) < 4.78 is 0. The van der Waals surface area contributed by atoms with Crippen LogP contribution in [0.3, 0.4) is 0 Å². The summed E-state index contributed by atoms with van der Waals surface area (Å²) in [7, 11) is 0. The molecule has 1 fully saturated rings. The lowest BCUT2D eigenvalue weighted by Gasteiger charge is -2.36. The van der Waals surface area contributed by atoms with Crippen molar-refractivity contribution < 1.29 is 4.79 Å². The number of carbonyl (C=O) groups is 1. The molecule has 3 nitrogen and oxygen atoms in total. The van der Waals surface area contributed by atoms with Gasteiger partial charge < -0.3 is 10.6 Å². The Labute approximate surface area is 137 Å². The van der Waals surface area contributed by atoms with E-state index in [9.17, 15) is 4.79 Å². The molecule has 118 valence electrons. The van der Waals surface area contributed by atoms with E-state index in [2.05, 4.69) is 30.5 Å². The van der Waals surface area contributed by atoms with Crippen molar-refractivity contribution in [2.75, 3.05) is 6.54 Å². The molecule has 1 saturated heterocycles. The van der Waals surface area contributed by atoms with Crippen LogP contribution in [0.2, 0.25) is 0 Å². The summed E-state index contributed by atoms with van der Waals surface area (Å²) in [5, 5.41) is 8.90. The number of benzene rings is 2. The zero-order chi connectivity index (χ0) is 14.8. The van der Waals surface area contributed by atoms with Crippen molar-refractivity contribution in [1.82, 2.24) is 10.6 Å². The third-order valence-corrected chi connectivity index (χ3v) is 4.53. The number of nitrogens with one attached hydrogen (secondary N) is 2. The number of halogens is 1. The second-order valence-corrected chi connectivity index (χ2v) is 6.07. The molecule has 2 aromatic rings. The van der Waals surface area contributed by atoms with Crippen molar-refractivity contribution in [2.24, 2.45) is 5.92 Å². The number of fused-ring (bicyclic) bond motifs is 1. The quantitative estimate of drug-likeness (QED) is 0.891. The monoisotopic (exact) mass is 318 g/mol. The molecule has 4 heteroatoms. The van der Waals surface area contributed by atoms with Crippen molar-refractivity contribution in [2.45, 2.75) is 32.4 Å². The van der Waals surface area contributed by atoms with Gasteiger partial charge in [0.25, 0.3) is 5.91 Å². The smallest absolute Gasteiger partial charge is 0.251 e. The summed E-state index contributed by atoms with van der Waals surface area (Å²) in [5.74, 6) is 0.527. The molecule has 0 saturated carbocycles. The maximum absolute atomic E-state index is 12.5. The van der Waals surface area contributed by atoms with Crippen LogP contribution >= 0.6 is 12.4 Å². The standard InChI is InChI=1S/C18H22N2O.ClH/c1-12-9-10-19-13(2)17(12)20-18(21)16-8-7-14-5-3-4-6-15(14)11-16;/h3-8,11-13,17,19H,9-10H2,1-2H3,(H,20,21);1H. The first kappa shape index (κ1) is 16.8. The van der Waals surface area contributed by atoms with Crippen molar-refractivity contribution in [3.05, 3.63) is 48.0 Å². The second kappa shape index (κ2) is 7.12. The third-order valence-electron chi connectivity index (χ3n) is 4.53. The number of amides is 1. The van der Waals surface area contributed by atoms with E-state index in [1.807, 2.05) is 36.4 Å². The van der Waals surface area contributed by atoms with Gasteiger partial charge >= 0.3 is 0 Å². The van der Waals surface area contributed by atoms with Gasteiger partial charge in [-0.1, -0.05) is 37.3 Å². The second-order valence-electron chi connectivity index (χ2n) is 6.07. The zero-order valence-electron chi connectivity index (χ0n) is 13.0. The van der Waals surface area contributed by atoms with Gasteiger partial charge in [-0.15, -0.1) is 12.4 Å². The Balaban J connectivity index is 0.00000176. The first-order valence-corrected chi connectivity index (χ1v) is 7.68. The van der Waals surface area contributed by atoms with Crippen LogP contribution in [0.4, 0.5) is 0 Å². The van der Waals surface area contributed by atoms with Crippen molar-refractivity contribution in [3.8, 4) is 0 Å². The molecule has 1 aliphatic heterocycles. The molecule has 0 radical (unpaired) electrons. The highest BCUT2D eigenvalue weighted by molar-refractivity contribution is 5.98. The average Bonchev–Trinajstić information content (AvgIpc) is 2.50. The van der Waals surface area contributed by atoms with E-state index in [1.54, 1.807) is 0 Å². The molecule has 0 aromatic heterocycles. The van der Waals surface area contributed by atoms with Crippen LogP contribution in [0.1, 0.15) is 30.6 Å². The molecule has 0 spiro atoms. The molecule has 1 heterocycles. The number of hydrogen-bond donors (Lipinski definition) is 2. The molecular weight excluding hydrogens is 296 g/mol. The minimum atomic E-state index is 0. The van der Waals surface area contributed by atoms with E-state index in [-0.39, 0.29) is 24.4 Å². The number of rotatable bonds is 2. The van der Waals surface area contributed by atoms with Crippen LogP contribution in [0.15, 0.2) is 42.5 Å². The highest BCUT2D eigenvalue weighted by Crippen LogP contribution is 2.19. The van der Waals surface area contributed by atoms with Gasteiger partial charge in [0.15, 0.2) is 0 Å². The SMILES string of the molecule is CC1CCNC(C)C1NC(=O)c1ccc2ccccc2c1.Cl. The van der Waals surface area contributed by atoms with Crippen LogP contribution in [-0.2, 0) is 0 Å². The molecule has 1 aliphatic rings. The molecule has 3 atom stereocenters. The third kappa shape index (κ3) is 3.42. The van der Waals surface area contributed by atoms with Gasteiger partial charge in [0.1, 0.15) is 0 Å². The largest absolute Gasteiger partial charge is 0.347 e. The summed E-state index contributed by atoms with van der Waals surface area (Å²) in [6, 6.07) is 14.5. The fourth-order valence-corrected chi connectivity index (χ4v) is 3.17. The number of hydrogen-bond acceptors (Lipinski definition) is 2. The molecule has 22 heavy (non-hydrogen) atoms. The van der Waals surface area contributed by atoms with Gasteiger partial charge in [-0.2, -0.15) is 0 Å². The van der Waals surface area contributed by atoms with Crippen molar-refractivity contribution in [3.63, 3.8) is 0 Å². The topological polar surface area (TPSA) is 41.1 Å². The Morgan fingerprint density at radius 2 is 1.86 bits per heavy atom. The van der Waals surface area contributed by atoms with Gasteiger partial charge in [-0.05, 0) is 48.7 Å². The van der Waals surface area contributed by atoms with Crippen LogP contribution in [0.25, 0.3) is 10.8 Å². The Morgan fingerprint density at radius 3 is 2.59 bits per heavy atom. The summed E-state index contributed by atoms with van der Waals surface area (Å²) in [6.45, 7) is 5.38. The fourth-order valence-electron chi connectivity index (χ4n) is 3.17. The minimum absolute atomic E-state index is 0. The predicted octanol–water partition coefficient (Wildman–Crippen LogP) is 3.38. The van der Waals surface area contributed by atoms with Gasteiger partial charge in [-0.25, -0.2) is 0 Å². The molecule has 2 aromatic carbocycles. The van der Waals surface area contributed by atoms with E-state index < -0.39 is 0 Å². The number of carbonyl (C=O) groups excluding carboxylic acids is 1. The van der Waals surface area contributed by atoms with E-state index in [0.717, 1.165) is 29.3 Å². The highest BCUT2D eigenvalue weighted by atomic mass is 35.5. The maximum Gasteiger partial charge on any atom is 0.251 e. The van der Waals surface area contributed by atoms with Gasteiger partial charge in [-0.3, -0.25) is 4.79 Å². The van der Waals surface area contributed by atoms with E-state index in [4.69, 9.17) is 0 Å². The lowest BCUT2D eigenvalue weighted by atomic mass is 9.89. The fraction of sp³-hybridized carbons (Fsp3) is 0.389. The van der Waals surface area contributed by atoms with Crippen LogP contribution in [0.5, 0.6) is 0 Å². The van der Waals surface area contributed by atoms with E-state index >= 15 is 0 Å². The summed E-state index contributed by atoms with van der Waals surface area (Å²) in [6.07, 6.45) is 1.10. The predicted molar refractivity (Wildman–Crippen MR) is 93.7 cm³/mol. The van der Waals surface area contributed by atoms with E-state index in [1.165, 1.54) is 0 Å². The molecule has 0 bridgehead atoms. The average molecular weight is 319 g/mol. The van der Waals surface area contributed by atoms with Gasteiger partial charge in [0.05, 0.1) is 0 Å². The lowest BCUT2D eigenvalue weighted by Crippen LogP contribution is -2.55. The number of piperidine rings is 1. The molecule has 1 amide bonds. The molecular formula is C18H23ClN2O. The Bertz CT molecular complexity index is 648. The summed E-state index contributed by atoms with van der Waals surface area (Å²) in [4.78, 5) is 12.5. The van der Waals surface area contributed by atoms with Gasteiger partial charge in [0, 0.05) is 17.6 Å². The van der Waals surface area contributed by atoms with Crippen LogP contribution < -0.4 is 10.6 Å². The zero-order valence-corrected chi connectivity index (χ0v) is 13.8. The first-order chi connectivity index (χ1) is 10.1. The van der Waals surface area contributed by atoms with Crippen molar-refractivity contribution in [1.29, 1.82) is 0 Å². The van der Waals surface area contributed by atoms with Crippen LogP contribution in [-0.4, -0.2) is 24.5 Å². The Morgan fingerprint density at radius 1 is 1.14 bits per heavy atom. The molecule has 0 aliphatic carbocycles. The minimum Gasteiger partial charge on any atom is -0.347 e. The maximum atomic E-state index is 12.5. The van der Waals surface area contributed by atoms with Crippen molar-refractivity contribution >= 4 is 29.1 Å². The molecule has 3 rings (SSSR count). The van der Waals surface area contributed by atoms with Crippen LogP contribution in [0, 0.1) is 5.92 Å².